The van der Waals surface area contributed by atoms with Gasteiger partial charge >= 0.3 is 5.97 Å². The van der Waals surface area contributed by atoms with Crippen molar-refractivity contribution in [1.82, 2.24) is 9.80 Å². The number of aliphatic hydroxyl groups is 2. The van der Waals surface area contributed by atoms with Gasteiger partial charge in [-0.2, -0.15) is 0 Å². The zero-order chi connectivity index (χ0) is 21.0. The summed E-state index contributed by atoms with van der Waals surface area (Å²) in [6.45, 7) is 3.38. The van der Waals surface area contributed by atoms with E-state index >= 15 is 0 Å². The van der Waals surface area contributed by atoms with Crippen molar-refractivity contribution in [2.45, 2.75) is 6.61 Å². The van der Waals surface area contributed by atoms with E-state index in [9.17, 15) is 19.8 Å². The number of esters is 1. The van der Waals surface area contributed by atoms with Crippen LogP contribution in [0, 0.1) is 0 Å². The first kappa shape index (κ1) is 21.1. The molecule has 1 amide bonds. The van der Waals surface area contributed by atoms with Crippen LogP contribution < -0.4 is 10.2 Å². The normalized spacial score (nSPS) is 17.9. The summed E-state index contributed by atoms with van der Waals surface area (Å²) < 4.78 is 4.85. The lowest BCUT2D eigenvalue weighted by atomic mass is 10.1. The minimum atomic E-state index is -0.583. The second kappa shape index (κ2) is 9.25. The number of anilines is 2. The predicted octanol–water partition coefficient (Wildman–Crippen LogP) is -0.396. The minimum Gasteiger partial charge on any atom is -0.466 e. The van der Waals surface area contributed by atoms with Gasteiger partial charge in [0.05, 0.1) is 43.8 Å². The highest BCUT2D eigenvalue weighted by atomic mass is 16.5. The summed E-state index contributed by atoms with van der Waals surface area (Å²) in [5.41, 5.74) is 2.63. The third kappa shape index (κ3) is 4.52. The van der Waals surface area contributed by atoms with Crippen molar-refractivity contribution < 1.29 is 24.5 Å². The lowest BCUT2D eigenvalue weighted by Gasteiger charge is -2.35. The fraction of sp³-hybridized carbons (Fsp3) is 0.500. The van der Waals surface area contributed by atoms with Crippen LogP contribution in [0.1, 0.15) is 5.56 Å². The van der Waals surface area contributed by atoms with Crippen LogP contribution in [0.3, 0.4) is 0 Å². The molecule has 0 bridgehead atoms. The molecule has 0 spiro atoms. The Balaban J connectivity index is 1.96. The first-order chi connectivity index (χ1) is 14.0. The molecule has 1 aromatic carbocycles. The molecule has 3 rings (SSSR count). The molecule has 2 aliphatic heterocycles. The first-order valence-corrected chi connectivity index (χ1v) is 9.64. The van der Waals surface area contributed by atoms with Crippen LogP contribution in [-0.2, 0) is 20.9 Å². The third-order valence-corrected chi connectivity index (χ3v) is 5.30. The number of benzene rings is 1. The number of amides is 1. The summed E-state index contributed by atoms with van der Waals surface area (Å²) in [7, 11) is 3.35. The number of carbonyl (C=O) groups is 2. The van der Waals surface area contributed by atoms with E-state index < -0.39 is 5.97 Å². The van der Waals surface area contributed by atoms with Crippen LogP contribution in [-0.4, -0.2) is 91.9 Å². The molecule has 0 saturated carbocycles. The van der Waals surface area contributed by atoms with Gasteiger partial charge in [-0.25, -0.2) is 4.79 Å². The molecule has 0 aliphatic carbocycles. The van der Waals surface area contributed by atoms with Crippen LogP contribution in [0.4, 0.5) is 11.4 Å². The molecule has 2 heterocycles. The number of rotatable bonds is 7. The Hall–Kier alpha value is -2.62. The highest BCUT2D eigenvalue weighted by molar-refractivity contribution is 6.09. The molecular formula is C20H28N4O5. The molecule has 1 aromatic rings. The molecule has 0 aromatic heterocycles. The van der Waals surface area contributed by atoms with E-state index in [0.717, 1.165) is 31.9 Å². The number of hydrogen-bond donors (Lipinski definition) is 3. The minimum absolute atomic E-state index is 0.0813. The molecule has 1 fully saturated rings. The van der Waals surface area contributed by atoms with Gasteiger partial charge in [-0.15, -0.1) is 0 Å². The van der Waals surface area contributed by atoms with Crippen LogP contribution in [0.25, 0.3) is 0 Å². The van der Waals surface area contributed by atoms with Crippen molar-refractivity contribution in [2.75, 3.05) is 70.2 Å². The van der Waals surface area contributed by atoms with Gasteiger partial charge in [0.1, 0.15) is 5.70 Å². The molecule has 29 heavy (non-hydrogen) atoms. The van der Waals surface area contributed by atoms with Crippen molar-refractivity contribution >= 4 is 23.3 Å². The van der Waals surface area contributed by atoms with Gasteiger partial charge < -0.3 is 35.0 Å². The van der Waals surface area contributed by atoms with Crippen molar-refractivity contribution in [2.24, 2.45) is 0 Å². The second-order valence-electron chi connectivity index (χ2n) is 7.22. The summed E-state index contributed by atoms with van der Waals surface area (Å²) >= 11 is 0. The van der Waals surface area contributed by atoms with Crippen molar-refractivity contribution in [3.8, 4) is 0 Å². The maximum absolute atomic E-state index is 12.8. The lowest BCUT2D eigenvalue weighted by Crippen LogP contribution is -2.44. The van der Waals surface area contributed by atoms with Gasteiger partial charge in [0, 0.05) is 32.7 Å². The average Bonchev–Trinajstić information content (AvgIpc) is 3.04. The number of hydrogen-bond acceptors (Lipinski definition) is 8. The SMILES string of the molecule is COC(=O)C1=C(Nc2cc(CO)ccc2N2CCN(C)CC2)C(=O)N(CCO)C1. The molecule has 0 radical (unpaired) electrons. The summed E-state index contributed by atoms with van der Waals surface area (Å²) in [5, 5.41) is 21.9. The van der Waals surface area contributed by atoms with Gasteiger partial charge in [0.2, 0.25) is 0 Å². The molecule has 9 heteroatoms. The maximum atomic E-state index is 12.8. The Morgan fingerprint density at radius 1 is 1.21 bits per heavy atom. The number of carbonyl (C=O) groups excluding carboxylic acids is 2. The second-order valence-corrected chi connectivity index (χ2v) is 7.22. The molecule has 0 unspecified atom stereocenters. The van der Waals surface area contributed by atoms with Gasteiger partial charge in [-0.05, 0) is 24.7 Å². The van der Waals surface area contributed by atoms with Gasteiger partial charge in [-0.1, -0.05) is 6.07 Å². The molecule has 0 atom stereocenters. The Labute approximate surface area is 170 Å². The smallest absolute Gasteiger partial charge is 0.337 e. The number of nitrogens with one attached hydrogen (secondary N) is 1. The molecular weight excluding hydrogens is 376 g/mol. The highest BCUT2D eigenvalue weighted by Gasteiger charge is 2.35. The molecule has 1 saturated heterocycles. The van der Waals surface area contributed by atoms with Crippen molar-refractivity contribution in [1.29, 1.82) is 0 Å². The quantitative estimate of drug-likeness (QED) is 0.528. The monoisotopic (exact) mass is 404 g/mol. The van der Waals surface area contributed by atoms with E-state index in [1.165, 1.54) is 12.0 Å². The van der Waals surface area contributed by atoms with Gasteiger partial charge in [0.15, 0.2) is 0 Å². The summed E-state index contributed by atoms with van der Waals surface area (Å²) in [6, 6.07) is 5.56. The summed E-state index contributed by atoms with van der Waals surface area (Å²) in [5.74, 6) is -0.945. The summed E-state index contributed by atoms with van der Waals surface area (Å²) in [4.78, 5) is 30.9. The zero-order valence-corrected chi connectivity index (χ0v) is 16.8. The Kier molecular flexibility index (Phi) is 6.73. The zero-order valence-electron chi connectivity index (χ0n) is 16.8. The number of aliphatic hydroxyl groups excluding tert-OH is 2. The molecule has 9 nitrogen and oxygen atoms in total. The molecule has 3 N–H and O–H groups in total. The summed E-state index contributed by atoms with van der Waals surface area (Å²) in [6.07, 6.45) is 0. The van der Waals surface area contributed by atoms with Gasteiger partial charge in [-0.3, -0.25) is 4.79 Å². The Morgan fingerprint density at radius 2 is 1.93 bits per heavy atom. The Bertz CT molecular complexity index is 802. The van der Waals surface area contributed by atoms with Crippen molar-refractivity contribution in [3.63, 3.8) is 0 Å². The van der Waals surface area contributed by atoms with E-state index in [1.54, 1.807) is 6.07 Å². The Morgan fingerprint density at radius 3 is 2.55 bits per heavy atom. The standard InChI is InChI=1S/C20H28N4O5/c1-22-5-7-23(8-6-22)17-4-3-14(13-26)11-16(17)21-18-15(20(28)29-2)12-24(9-10-25)19(18)27/h3-4,11,21,25-26H,5-10,12-13H2,1-2H3. The molecule has 2 aliphatic rings. The van der Waals surface area contributed by atoms with Crippen LogP contribution >= 0.6 is 0 Å². The predicted molar refractivity (Wildman–Crippen MR) is 108 cm³/mol. The largest absolute Gasteiger partial charge is 0.466 e. The lowest BCUT2D eigenvalue weighted by molar-refractivity contribution is -0.136. The van der Waals surface area contributed by atoms with Crippen LogP contribution in [0.2, 0.25) is 0 Å². The van der Waals surface area contributed by atoms with E-state index in [2.05, 4.69) is 22.2 Å². The fourth-order valence-electron chi connectivity index (χ4n) is 3.59. The number of piperazine rings is 1. The van der Waals surface area contributed by atoms with E-state index in [0.29, 0.717) is 11.3 Å². The van der Waals surface area contributed by atoms with Crippen molar-refractivity contribution in [3.05, 3.63) is 35.0 Å². The third-order valence-electron chi connectivity index (χ3n) is 5.30. The van der Waals surface area contributed by atoms with E-state index in [4.69, 9.17) is 4.74 Å². The number of β-amino-alcohol motifs (C(OH)–C–C–N with tert-alkyl or cyclic N) is 1. The molecule has 158 valence electrons. The number of nitrogens with zero attached hydrogens (tertiary/aromatic N) is 3. The van der Waals surface area contributed by atoms with Gasteiger partial charge in [0.25, 0.3) is 5.91 Å². The fourth-order valence-corrected chi connectivity index (χ4v) is 3.59. The number of methoxy groups -OCH3 is 1. The van der Waals surface area contributed by atoms with E-state index in [-0.39, 0.29) is 43.5 Å². The van der Waals surface area contributed by atoms with Crippen LogP contribution in [0.15, 0.2) is 29.5 Å². The van der Waals surface area contributed by atoms with Crippen LogP contribution in [0.5, 0.6) is 0 Å². The topological polar surface area (TPSA) is 106 Å². The number of likely N-dealkylation sites (N-methyl/N-ethyl adjacent to an activating group) is 1. The number of ether oxygens (including phenoxy) is 1. The average molecular weight is 404 g/mol. The first-order valence-electron chi connectivity index (χ1n) is 9.64. The maximum Gasteiger partial charge on any atom is 0.337 e. The highest BCUT2D eigenvalue weighted by Crippen LogP contribution is 2.32. The van der Waals surface area contributed by atoms with E-state index in [1.807, 2.05) is 12.1 Å².